The minimum atomic E-state index is -3.28. The van der Waals surface area contributed by atoms with Crippen molar-refractivity contribution in [1.29, 1.82) is 0 Å². The number of benzene rings is 1. The number of halogens is 1. The van der Waals surface area contributed by atoms with Gasteiger partial charge in [0.05, 0.1) is 5.69 Å². The molecule has 0 bridgehead atoms. The third-order valence-electron chi connectivity index (χ3n) is 2.14. The highest BCUT2D eigenvalue weighted by Gasteiger charge is 2.10. The summed E-state index contributed by atoms with van der Waals surface area (Å²) in [4.78, 5) is 1.97. The van der Waals surface area contributed by atoms with Gasteiger partial charge in [-0.25, -0.2) is 8.42 Å². The summed E-state index contributed by atoms with van der Waals surface area (Å²) in [6, 6.07) is 5.58. The van der Waals surface area contributed by atoms with Gasteiger partial charge in [-0.2, -0.15) is 0 Å². The Balaban J connectivity index is 3.01. The van der Waals surface area contributed by atoms with E-state index in [2.05, 4.69) is 20.7 Å². The summed E-state index contributed by atoms with van der Waals surface area (Å²) in [5.41, 5.74) is 2.56. The van der Waals surface area contributed by atoms with E-state index in [0.29, 0.717) is 5.69 Å². The van der Waals surface area contributed by atoms with Crippen LogP contribution < -0.4 is 9.62 Å². The summed E-state index contributed by atoms with van der Waals surface area (Å²) in [6.07, 6.45) is 0. The molecule has 1 aromatic carbocycles. The maximum atomic E-state index is 11.4. The normalized spacial score (nSPS) is 11.2. The summed E-state index contributed by atoms with van der Waals surface area (Å²) in [6.45, 7) is 1.87. The van der Waals surface area contributed by atoms with Gasteiger partial charge in [0.15, 0.2) is 0 Å². The number of sulfonamides is 1. The monoisotopic (exact) mass is 306 g/mol. The number of rotatable bonds is 4. The van der Waals surface area contributed by atoms with Crippen LogP contribution in [0.3, 0.4) is 0 Å². The standard InChI is InChI=1S/C10H15BrN2O2S/c1-8-6-9(13(2)3)4-5-10(8)12-16(14,15)7-11/h4-6,12H,7H2,1-3H3. The van der Waals surface area contributed by atoms with Crippen molar-refractivity contribution >= 4 is 37.3 Å². The van der Waals surface area contributed by atoms with Gasteiger partial charge in [-0.1, -0.05) is 15.9 Å². The minimum absolute atomic E-state index is 0.102. The van der Waals surface area contributed by atoms with E-state index in [4.69, 9.17) is 0 Å². The average molecular weight is 307 g/mol. The number of hydrogen-bond acceptors (Lipinski definition) is 3. The highest BCUT2D eigenvalue weighted by atomic mass is 79.9. The van der Waals surface area contributed by atoms with Crippen LogP contribution in [-0.2, 0) is 10.0 Å². The molecular formula is C10H15BrN2O2S. The summed E-state index contributed by atoms with van der Waals surface area (Å²) in [5, 5.41) is 0. The molecule has 1 N–H and O–H groups in total. The van der Waals surface area contributed by atoms with Gasteiger partial charge in [0, 0.05) is 19.8 Å². The largest absolute Gasteiger partial charge is 0.378 e. The fraction of sp³-hybridized carbons (Fsp3) is 0.400. The molecular weight excluding hydrogens is 292 g/mol. The molecule has 1 aromatic rings. The Hall–Kier alpha value is -0.750. The third-order valence-corrected chi connectivity index (χ3v) is 4.76. The molecule has 16 heavy (non-hydrogen) atoms. The molecule has 90 valence electrons. The topological polar surface area (TPSA) is 49.4 Å². The van der Waals surface area contributed by atoms with Crippen molar-refractivity contribution in [2.24, 2.45) is 0 Å². The highest BCUT2D eigenvalue weighted by molar-refractivity contribution is 9.10. The van der Waals surface area contributed by atoms with Crippen LogP contribution in [0.2, 0.25) is 0 Å². The number of nitrogens with one attached hydrogen (secondary N) is 1. The second-order valence-corrected chi connectivity index (χ2v) is 6.74. The van der Waals surface area contributed by atoms with Gasteiger partial charge in [0.25, 0.3) is 0 Å². The molecule has 0 heterocycles. The summed E-state index contributed by atoms with van der Waals surface area (Å²) >= 11 is 2.93. The molecule has 0 fully saturated rings. The molecule has 6 heteroatoms. The average Bonchev–Trinajstić information content (AvgIpc) is 2.20. The van der Waals surface area contributed by atoms with E-state index < -0.39 is 10.0 Å². The molecule has 0 aliphatic carbocycles. The van der Waals surface area contributed by atoms with Gasteiger partial charge in [-0.05, 0) is 30.7 Å². The zero-order valence-electron chi connectivity index (χ0n) is 9.49. The Labute approximate surface area is 105 Å². The van der Waals surface area contributed by atoms with Gasteiger partial charge in [0.2, 0.25) is 10.0 Å². The molecule has 4 nitrogen and oxygen atoms in total. The van der Waals surface area contributed by atoms with Crippen molar-refractivity contribution in [2.75, 3.05) is 28.4 Å². The lowest BCUT2D eigenvalue weighted by atomic mass is 10.2. The second kappa shape index (κ2) is 5.05. The van der Waals surface area contributed by atoms with E-state index in [1.807, 2.05) is 38.1 Å². The Kier molecular flexibility index (Phi) is 4.21. The van der Waals surface area contributed by atoms with Crippen LogP contribution in [0.4, 0.5) is 11.4 Å². The fourth-order valence-electron chi connectivity index (χ4n) is 1.24. The quantitative estimate of drug-likeness (QED) is 0.867. The van der Waals surface area contributed by atoms with Crippen LogP contribution in [-0.4, -0.2) is 27.2 Å². The lowest BCUT2D eigenvalue weighted by molar-refractivity contribution is 0.606. The molecule has 0 aliphatic heterocycles. The molecule has 0 aromatic heterocycles. The van der Waals surface area contributed by atoms with Gasteiger partial charge in [-0.15, -0.1) is 0 Å². The third kappa shape index (κ3) is 3.38. The maximum Gasteiger partial charge on any atom is 0.242 e. The van der Waals surface area contributed by atoms with Crippen molar-refractivity contribution in [3.63, 3.8) is 0 Å². The van der Waals surface area contributed by atoms with E-state index >= 15 is 0 Å². The van der Waals surface area contributed by atoms with E-state index in [-0.39, 0.29) is 4.66 Å². The van der Waals surface area contributed by atoms with Crippen molar-refractivity contribution < 1.29 is 8.42 Å². The van der Waals surface area contributed by atoms with Crippen molar-refractivity contribution in [1.82, 2.24) is 0 Å². The first kappa shape index (κ1) is 13.3. The van der Waals surface area contributed by atoms with Crippen LogP contribution in [0.25, 0.3) is 0 Å². The molecule has 0 unspecified atom stereocenters. The number of nitrogens with zero attached hydrogens (tertiary/aromatic N) is 1. The minimum Gasteiger partial charge on any atom is -0.378 e. The molecule has 0 saturated carbocycles. The summed E-state index contributed by atoms with van der Waals surface area (Å²) in [7, 11) is 0.608. The van der Waals surface area contributed by atoms with Crippen molar-refractivity contribution in [3.8, 4) is 0 Å². The van der Waals surface area contributed by atoms with Gasteiger partial charge in [-0.3, -0.25) is 4.72 Å². The zero-order chi connectivity index (χ0) is 12.3. The van der Waals surface area contributed by atoms with Crippen LogP contribution in [0, 0.1) is 6.92 Å². The first-order valence-electron chi connectivity index (χ1n) is 4.70. The second-order valence-electron chi connectivity index (χ2n) is 3.72. The Morgan fingerprint density at radius 2 is 2.00 bits per heavy atom. The van der Waals surface area contributed by atoms with Gasteiger partial charge < -0.3 is 4.90 Å². The van der Waals surface area contributed by atoms with E-state index in [9.17, 15) is 8.42 Å². The number of hydrogen-bond donors (Lipinski definition) is 1. The number of anilines is 2. The first-order chi connectivity index (χ1) is 7.35. The molecule has 0 spiro atoms. The number of aryl methyl sites for hydroxylation is 1. The Morgan fingerprint density at radius 3 is 2.44 bits per heavy atom. The van der Waals surface area contributed by atoms with E-state index in [1.165, 1.54) is 0 Å². The van der Waals surface area contributed by atoms with Crippen LogP contribution in [0.1, 0.15) is 5.56 Å². The number of alkyl halides is 1. The van der Waals surface area contributed by atoms with Crippen molar-refractivity contribution in [3.05, 3.63) is 23.8 Å². The SMILES string of the molecule is Cc1cc(N(C)C)ccc1NS(=O)(=O)CBr. The molecule has 0 saturated heterocycles. The highest BCUT2D eigenvalue weighted by Crippen LogP contribution is 2.22. The Morgan fingerprint density at radius 1 is 1.38 bits per heavy atom. The van der Waals surface area contributed by atoms with E-state index in [0.717, 1.165) is 11.3 Å². The molecule has 1 rings (SSSR count). The van der Waals surface area contributed by atoms with Crippen LogP contribution in [0.15, 0.2) is 18.2 Å². The van der Waals surface area contributed by atoms with Gasteiger partial charge in [0.1, 0.15) is 4.66 Å². The maximum absolute atomic E-state index is 11.4. The Bertz CT molecular complexity index is 472. The molecule has 0 aliphatic rings. The lowest BCUT2D eigenvalue weighted by Gasteiger charge is -2.15. The predicted molar refractivity (Wildman–Crippen MR) is 71.8 cm³/mol. The molecule has 0 atom stereocenters. The van der Waals surface area contributed by atoms with Crippen LogP contribution in [0.5, 0.6) is 0 Å². The fourth-order valence-corrected chi connectivity index (χ4v) is 2.20. The molecule has 0 amide bonds. The van der Waals surface area contributed by atoms with Crippen molar-refractivity contribution in [2.45, 2.75) is 6.92 Å². The predicted octanol–water partition coefficient (Wildman–Crippen LogP) is 2.16. The van der Waals surface area contributed by atoms with E-state index in [1.54, 1.807) is 6.07 Å². The summed E-state index contributed by atoms with van der Waals surface area (Å²) < 4.78 is 25.1. The molecule has 0 radical (unpaired) electrons. The zero-order valence-corrected chi connectivity index (χ0v) is 11.9. The lowest BCUT2D eigenvalue weighted by Crippen LogP contribution is -2.14. The van der Waals surface area contributed by atoms with Crippen LogP contribution >= 0.6 is 15.9 Å². The summed E-state index contributed by atoms with van der Waals surface area (Å²) in [5.74, 6) is 0. The van der Waals surface area contributed by atoms with Gasteiger partial charge >= 0.3 is 0 Å². The first-order valence-corrected chi connectivity index (χ1v) is 7.47. The smallest absolute Gasteiger partial charge is 0.242 e.